The average Bonchev–Trinajstić information content (AvgIpc) is 2.58. The summed E-state index contributed by atoms with van der Waals surface area (Å²) in [5.74, 6) is -2.13. The van der Waals surface area contributed by atoms with Crippen LogP contribution in [0.25, 0.3) is 0 Å². The molecular formula is C14H13F4N3O2. The minimum absolute atomic E-state index is 0.0604. The highest BCUT2D eigenvalue weighted by atomic mass is 19.4. The van der Waals surface area contributed by atoms with E-state index in [2.05, 4.69) is 10.3 Å². The van der Waals surface area contributed by atoms with Crippen molar-refractivity contribution in [2.45, 2.75) is 32.5 Å². The number of rotatable bonds is 1. The maximum Gasteiger partial charge on any atom is 0.419 e. The number of carbonyl (C=O) groups is 2. The van der Waals surface area contributed by atoms with Gasteiger partial charge >= 0.3 is 12.2 Å². The Hall–Kier alpha value is -2.45. The van der Waals surface area contributed by atoms with Crippen LogP contribution in [0.1, 0.15) is 26.3 Å². The number of hydrogen-bond acceptors (Lipinski definition) is 2. The molecule has 1 aromatic carbocycles. The number of amidine groups is 1. The van der Waals surface area contributed by atoms with Crippen LogP contribution < -0.4 is 10.2 Å². The highest BCUT2D eigenvalue weighted by molar-refractivity contribution is 6.26. The number of anilines is 1. The number of halogens is 4. The summed E-state index contributed by atoms with van der Waals surface area (Å²) in [4.78, 5) is 27.9. The minimum atomic E-state index is -4.91. The van der Waals surface area contributed by atoms with Crippen LogP contribution in [0, 0.1) is 5.82 Å². The van der Waals surface area contributed by atoms with E-state index in [4.69, 9.17) is 0 Å². The molecule has 0 atom stereocenters. The van der Waals surface area contributed by atoms with Crippen LogP contribution in [0.2, 0.25) is 0 Å². The Kier molecular flexibility index (Phi) is 3.91. The van der Waals surface area contributed by atoms with Crippen LogP contribution in [0.4, 0.5) is 28.0 Å². The molecule has 0 aliphatic carbocycles. The molecule has 23 heavy (non-hydrogen) atoms. The maximum atomic E-state index is 13.4. The van der Waals surface area contributed by atoms with Gasteiger partial charge in [0.2, 0.25) is 5.91 Å². The van der Waals surface area contributed by atoms with Crippen LogP contribution in [-0.4, -0.2) is 23.3 Å². The third kappa shape index (κ3) is 3.17. The number of urea groups is 1. The Bertz CT molecular complexity index is 710. The van der Waals surface area contributed by atoms with E-state index in [1.54, 1.807) is 13.8 Å². The molecule has 1 aliphatic heterocycles. The van der Waals surface area contributed by atoms with Crippen molar-refractivity contribution in [2.24, 2.45) is 4.99 Å². The summed E-state index contributed by atoms with van der Waals surface area (Å²) in [5.41, 5.74) is -2.80. The van der Waals surface area contributed by atoms with Gasteiger partial charge in [-0.1, -0.05) is 0 Å². The largest absolute Gasteiger partial charge is 0.419 e. The lowest BCUT2D eigenvalue weighted by atomic mass is 10.0. The number of amides is 3. The third-order valence-corrected chi connectivity index (χ3v) is 3.17. The number of nitrogens with one attached hydrogen (secondary N) is 1. The molecule has 0 bridgehead atoms. The van der Waals surface area contributed by atoms with Crippen molar-refractivity contribution in [3.05, 3.63) is 29.6 Å². The second-order valence-corrected chi connectivity index (χ2v) is 5.51. The molecule has 1 heterocycles. The normalized spacial score (nSPS) is 19.2. The third-order valence-electron chi connectivity index (χ3n) is 3.17. The summed E-state index contributed by atoms with van der Waals surface area (Å²) in [6, 6.07) is 1.38. The zero-order valence-electron chi connectivity index (χ0n) is 12.5. The summed E-state index contributed by atoms with van der Waals surface area (Å²) in [6.45, 7) is 4.23. The Morgan fingerprint density at radius 2 is 1.91 bits per heavy atom. The van der Waals surface area contributed by atoms with E-state index >= 15 is 0 Å². The first-order valence-electron chi connectivity index (χ1n) is 6.52. The van der Waals surface area contributed by atoms with E-state index in [1.807, 2.05) is 0 Å². The van der Waals surface area contributed by atoms with Crippen LogP contribution in [0.15, 0.2) is 23.2 Å². The Morgan fingerprint density at radius 3 is 2.43 bits per heavy atom. The van der Waals surface area contributed by atoms with Gasteiger partial charge in [0.1, 0.15) is 11.7 Å². The first-order chi connectivity index (χ1) is 10.4. The van der Waals surface area contributed by atoms with Gasteiger partial charge in [0, 0.05) is 6.92 Å². The molecule has 9 heteroatoms. The second kappa shape index (κ2) is 5.32. The molecule has 2 rings (SSSR count). The Labute approximate surface area is 129 Å². The Morgan fingerprint density at radius 1 is 1.30 bits per heavy atom. The molecule has 0 aromatic heterocycles. The maximum absolute atomic E-state index is 13.4. The molecule has 0 saturated carbocycles. The van der Waals surface area contributed by atoms with Crippen LogP contribution >= 0.6 is 0 Å². The molecule has 0 unspecified atom stereocenters. The number of nitrogens with zero attached hydrogens (tertiary/aromatic N) is 2. The van der Waals surface area contributed by atoms with Crippen molar-refractivity contribution in [2.75, 3.05) is 4.90 Å². The Balaban J connectivity index is 2.60. The molecule has 3 amide bonds. The zero-order valence-corrected chi connectivity index (χ0v) is 12.5. The van der Waals surface area contributed by atoms with Gasteiger partial charge in [-0.25, -0.2) is 14.1 Å². The molecule has 5 nitrogen and oxygen atoms in total. The summed E-state index contributed by atoms with van der Waals surface area (Å²) in [6.07, 6.45) is -4.91. The van der Waals surface area contributed by atoms with E-state index in [1.165, 1.54) is 0 Å². The molecule has 124 valence electrons. The number of hydrogen-bond donors (Lipinski definition) is 1. The van der Waals surface area contributed by atoms with Gasteiger partial charge in [-0.15, -0.1) is 0 Å². The van der Waals surface area contributed by atoms with Gasteiger partial charge in [0.05, 0.1) is 16.8 Å². The minimum Gasteiger partial charge on any atom is -0.325 e. The highest BCUT2D eigenvalue weighted by Crippen LogP contribution is 2.35. The van der Waals surface area contributed by atoms with Gasteiger partial charge in [-0.05, 0) is 32.0 Å². The van der Waals surface area contributed by atoms with Crippen LogP contribution in [0.5, 0.6) is 0 Å². The summed E-state index contributed by atoms with van der Waals surface area (Å²) in [5, 5.41) is 2.50. The number of benzene rings is 1. The van der Waals surface area contributed by atoms with Gasteiger partial charge in [0.15, 0.2) is 0 Å². The number of aliphatic imine (C=N–C) groups is 1. The lowest BCUT2D eigenvalue weighted by Crippen LogP contribution is -2.41. The van der Waals surface area contributed by atoms with Gasteiger partial charge in [-0.3, -0.25) is 4.79 Å². The van der Waals surface area contributed by atoms with E-state index in [0.717, 1.165) is 17.9 Å². The molecule has 1 fully saturated rings. The second-order valence-electron chi connectivity index (χ2n) is 5.51. The van der Waals surface area contributed by atoms with E-state index < -0.39 is 35.0 Å². The van der Waals surface area contributed by atoms with Gasteiger partial charge < -0.3 is 5.32 Å². The topological polar surface area (TPSA) is 61.8 Å². The van der Waals surface area contributed by atoms with Crippen molar-refractivity contribution in [1.82, 2.24) is 5.32 Å². The van der Waals surface area contributed by atoms with E-state index in [9.17, 15) is 27.2 Å². The molecule has 0 spiro atoms. The fourth-order valence-electron chi connectivity index (χ4n) is 2.20. The van der Waals surface area contributed by atoms with Crippen LogP contribution in [-0.2, 0) is 11.0 Å². The van der Waals surface area contributed by atoms with E-state index in [0.29, 0.717) is 12.1 Å². The molecule has 0 radical (unpaired) electrons. The monoisotopic (exact) mass is 331 g/mol. The van der Waals surface area contributed by atoms with Gasteiger partial charge in [-0.2, -0.15) is 18.2 Å². The molecule has 1 saturated heterocycles. The molecule has 1 aliphatic rings. The smallest absolute Gasteiger partial charge is 0.325 e. The first-order valence-corrected chi connectivity index (χ1v) is 6.52. The van der Waals surface area contributed by atoms with Crippen molar-refractivity contribution in [3.8, 4) is 0 Å². The quantitative estimate of drug-likeness (QED) is 0.804. The van der Waals surface area contributed by atoms with Crippen molar-refractivity contribution < 1.29 is 27.2 Å². The average molecular weight is 331 g/mol. The summed E-state index contributed by atoms with van der Waals surface area (Å²) in [7, 11) is 0. The summed E-state index contributed by atoms with van der Waals surface area (Å²) >= 11 is 0. The van der Waals surface area contributed by atoms with E-state index in [-0.39, 0.29) is 11.5 Å². The standard InChI is InChI=1S/C14H13F4N3O2/c1-7(22)19-11-13(2,3)20-12(23)21(11)8-4-5-10(15)9(6-8)14(16,17)18/h4-6H,1-3H3,(H,20,23). The fraction of sp³-hybridized carbons (Fsp3) is 0.357. The van der Waals surface area contributed by atoms with Crippen LogP contribution in [0.3, 0.4) is 0 Å². The number of carbonyl (C=O) groups excluding carboxylic acids is 2. The molecule has 1 aromatic rings. The predicted octanol–water partition coefficient (Wildman–Crippen LogP) is 3.10. The fourth-order valence-corrected chi connectivity index (χ4v) is 2.20. The zero-order chi connectivity index (χ0) is 17.6. The van der Waals surface area contributed by atoms with Crippen molar-refractivity contribution in [3.63, 3.8) is 0 Å². The SMILES string of the molecule is CC(=O)N=C1N(c2ccc(F)c(C(F)(F)F)c2)C(=O)NC1(C)C. The first kappa shape index (κ1) is 16.9. The van der Waals surface area contributed by atoms with Crippen molar-refractivity contribution >= 4 is 23.5 Å². The lowest BCUT2D eigenvalue weighted by molar-refractivity contribution is -0.140. The lowest BCUT2D eigenvalue weighted by Gasteiger charge is -2.21. The van der Waals surface area contributed by atoms with Crippen molar-refractivity contribution in [1.29, 1.82) is 0 Å². The number of alkyl halides is 3. The molecule has 1 N–H and O–H groups in total. The molecular weight excluding hydrogens is 318 g/mol. The predicted molar refractivity (Wildman–Crippen MR) is 74.6 cm³/mol. The van der Waals surface area contributed by atoms with Gasteiger partial charge in [0.25, 0.3) is 0 Å². The summed E-state index contributed by atoms with van der Waals surface area (Å²) < 4.78 is 51.9. The highest BCUT2D eigenvalue weighted by Gasteiger charge is 2.44.